The highest BCUT2D eigenvalue weighted by Crippen LogP contribution is 2.19. The molecule has 0 aliphatic heterocycles. The minimum absolute atomic E-state index is 0.257. The lowest BCUT2D eigenvalue weighted by molar-refractivity contribution is 0.102. The molecule has 0 saturated carbocycles. The first-order valence-electron chi connectivity index (χ1n) is 6.90. The average Bonchev–Trinajstić information content (AvgIpc) is 3.01. The molecule has 1 amide bonds. The monoisotopic (exact) mass is 321 g/mol. The largest absolute Gasteiger partial charge is 0.493 e. The zero-order valence-corrected chi connectivity index (χ0v) is 13.2. The van der Waals surface area contributed by atoms with Crippen molar-refractivity contribution < 1.29 is 14.3 Å². The Hall–Kier alpha value is -1.96. The second-order valence-corrected chi connectivity index (χ2v) is 5.45. The Morgan fingerprint density at radius 1 is 1.41 bits per heavy atom. The predicted octanol–water partition coefficient (Wildman–Crippen LogP) is 2.27. The van der Waals surface area contributed by atoms with Crippen LogP contribution in [0.25, 0.3) is 0 Å². The first kappa shape index (κ1) is 16.4. The van der Waals surface area contributed by atoms with E-state index >= 15 is 0 Å². The maximum atomic E-state index is 12.1. The molecular weight excluding hydrogens is 302 g/mol. The molecule has 1 heterocycles. The summed E-state index contributed by atoms with van der Waals surface area (Å²) in [5.41, 5.74) is 6.53. The van der Waals surface area contributed by atoms with E-state index in [0.717, 1.165) is 11.4 Å². The van der Waals surface area contributed by atoms with Crippen LogP contribution in [0, 0.1) is 0 Å². The van der Waals surface area contributed by atoms with E-state index in [0.29, 0.717) is 36.9 Å². The summed E-state index contributed by atoms with van der Waals surface area (Å²) in [4.78, 5) is 16.2. The lowest BCUT2D eigenvalue weighted by atomic mass is 10.3. The van der Waals surface area contributed by atoms with Gasteiger partial charge in [-0.15, -0.1) is 11.3 Å². The van der Waals surface area contributed by atoms with E-state index in [1.165, 1.54) is 11.3 Å². The van der Waals surface area contributed by atoms with Gasteiger partial charge in [0.2, 0.25) is 0 Å². The van der Waals surface area contributed by atoms with Crippen molar-refractivity contribution in [3.8, 4) is 5.75 Å². The molecule has 0 fully saturated rings. The topological polar surface area (TPSA) is 86.5 Å². The molecule has 0 unspecified atom stereocenters. The molecule has 0 spiro atoms. The number of thiazole rings is 1. The van der Waals surface area contributed by atoms with Crippen LogP contribution in [-0.4, -0.2) is 31.2 Å². The molecule has 0 radical (unpaired) electrons. The summed E-state index contributed by atoms with van der Waals surface area (Å²) >= 11 is 1.37. The van der Waals surface area contributed by atoms with Gasteiger partial charge in [-0.05, 0) is 12.1 Å². The fraction of sp³-hybridized carbons (Fsp3) is 0.333. The summed E-state index contributed by atoms with van der Waals surface area (Å²) < 4.78 is 10.6. The highest BCUT2D eigenvalue weighted by Gasteiger charge is 2.10. The number of carbonyl (C=O) groups excluding carboxylic acids is 1. The number of nitrogens with two attached hydrogens (primary N) is 1. The van der Waals surface area contributed by atoms with E-state index in [2.05, 4.69) is 10.3 Å². The van der Waals surface area contributed by atoms with Gasteiger partial charge >= 0.3 is 0 Å². The van der Waals surface area contributed by atoms with Gasteiger partial charge in [0, 0.05) is 43.8 Å². The van der Waals surface area contributed by atoms with Crippen molar-refractivity contribution in [2.45, 2.75) is 13.0 Å². The van der Waals surface area contributed by atoms with Crippen LogP contribution >= 0.6 is 11.3 Å². The van der Waals surface area contributed by atoms with Gasteiger partial charge in [-0.3, -0.25) is 4.79 Å². The number of benzene rings is 1. The third kappa shape index (κ3) is 4.80. The van der Waals surface area contributed by atoms with E-state index in [1.54, 1.807) is 24.6 Å². The van der Waals surface area contributed by atoms with E-state index in [4.69, 9.17) is 15.2 Å². The zero-order valence-electron chi connectivity index (χ0n) is 12.4. The number of aromatic nitrogens is 1. The van der Waals surface area contributed by atoms with E-state index < -0.39 is 0 Å². The molecular formula is C15H19N3O3S. The number of nitrogens with zero attached hydrogens (tertiary/aromatic N) is 1. The van der Waals surface area contributed by atoms with Gasteiger partial charge in [0.1, 0.15) is 16.5 Å². The molecule has 0 aliphatic carbocycles. The second-order valence-electron chi connectivity index (χ2n) is 4.51. The van der Waals surface area contributed by atoms with E-state index in [1.807, 2.05) is 12.1 Å². The lowest BCUT2D eigenvalue weighted by Gasteiger charge is -2.08. The number of ether oxygens (including phenoxy) is 2. The standard InChI is InChI=1S/C15H19N3O3S/c1-20-6-3-7-21-12-5-2-4-11(8-12)17-15(19)13-10-22-14(9-16)18-13/h2,4-5,8,10H,3,6-7,9,16H2,1H3,(H,17,19). The van der Waals surface area contributed by atoms with Crippen LogP contribution in [0.5, 0.6) is 5.75 Å². The maximum absolute atomic E-state index is 12.1. The van der Waals surface area contributed by atoms with Crippen LogP contribution in [0.1, 0.15) is 21.9 Å². The second kappa shape index (κ2) is 8.47. The van der Waals surface area contributed by atoms with Crippen LogP contribution in [0.4, 0.5) is 5.69 Å². The molecule has 7 heteroatoms. The van der Waals surface area contributed by atoms with Crippen molar-refractivity contribution in [2.24, 2.45) is 5.73 Å². The van der Waals surface area contributed by atoms with E-state index in [9.17, 15) is 4.79 Å². The fourth-order valence-corrected chi connectivity index (χ4v) is 2.42. The number of nitrogens with one attached hydrogen (secondary N) is 1. The molecule has 2 rings (SSSR count). The minimum atomic E-state index is -0.257. The van der Waals surface area contributed by atoms with Crippen LogP contribution in [0.15, 0.2) is 29.6 Å². The SMILES string of the molecule is COCCCOc1cccc(NC(=O)c2csc(CN)n2)c1. The number of hydrogen-bond donors (Lipinski definition) is 2. The van der Waals surface area contributed by atoms with Crippen LogP contribution in [-0.2, 0) is 11.3 Å². The number of methoxy groups -OCH3 is 1. The Balaban J connectivity index is 1.93. The van der Waals surface area contributed by atoms with Crippen LogP contribution in [0.3, 0.4) is 0 Å². The average molecular weight is 321 g/mol. The first-order chi connectivity index (χ1) is 10.7. The molecule has 1 aromatic heterocycles. The highest BCUT2D eigenvalue weighted by atomic mass is 32.1. The summed E-state index contributed by atoms with van der Waals surface area (Å²) in [5, 5.41) is 5.23. The van der Waals surface area contributed by atoms with Crippen molar-refractivity contribution in [2.75, 3.05) is 25.6 Å². The summed E-state index contributed by atoms with van der Waals surface area (Å²) in [6.07, 6.45) is 0.813. The van der Waals surface area contributed by atoms with Crippen molar-refractivity contribution in [1.82, 2.24) is 4.98 Å². The molecule has 1 aromatic carbocycles. The number of carbonyl (C=O) groups is 1. The summed E-state index contributed by atoms with van der Waals surface area (Å²) in [6.45, 7) is 1.56. The Morgan fingerprint density at radius 3 is 3.00 bits per heavy atom. The number of anilines is 1. The Bertz CT molecular complexity index is 616. The zero-order chi connectivity index (χ0) is 15.8. The Morgan fingerprint density at radius 2 is 2.27 bits per heavy atom. The Labute approximate surface area is 133 Å². The molecule has 118 valence electrons. The molecule has 22 heavy (non-hydrogen) atoms. The molecule has 6 nitrogen and oxygen atoms in total. The fourth-order valence-electron chi connectivity index (χ4n) is 1.76. The van der Waals surface area contributed by atoms with Gasteiger partial charge in [-0.1, -0.05) is 6.07 Å². The van der Waals surface area contributed by atoms with Gasteiger partial charge in [0.05, 0.1) is 6.61 Å². The molecule has 3 N–H and O–H groups in total. The highest BCUT2D eigenvalue weighted by molar-refractivity contribution is 7.09. The first-order valence-corrected chi connectivity index (χ1v) is 7.78. The normalized spacial score (nSPS) is 10.5. The predicted molar refractivity (Wildman–Crippen MR) is 86.4 cm³/mol. The summed E-state index contributed by atoms with van der Waals surface area (Å²) in [7, 11) is 1.66. The third-order valence-electron chi connectivity index (χ3n) is 2.81. The Kier molecular flexibility index (Phi) is 6.32. The molecule has 0 saturated heterocycles. The van der Waals surface area contributed by atoms with Crippen molar-refractivity contribution in [3.63, 3.8) is 0 Å². The van der Waals surface area contributed by atoms with Crippen LogP contribution < -0.4 is 15.8 Å². The smallest absolute Gasteiger partial charge is 0.275 e. The van der Waals surface area contributed by atoms with Crippen molar-refractivity contribution in [3.05, 3.63) is 40.3 Å². The summed E-state index contributed by atoms with van der Waals surface area (Å²) in [5.74, 6) is 0.447. The van der Waals surface area contributed by atoms with Crippen molar-refractivity contribution >= 4 is 22.9 Å². The van der Waals surface area contributed by atoms with Gasteiger partial charge in [-0.25, -0.2) is 4.98 Å². The number of hydrogen-bond acceptors (Lipinski definition) is 6. The van der Waals surface area contributed by atoms with E-state index in [-0.39, 0.29) is 5.91 Å². The maximum Gasteiger partial charge on any atom is 0.275 e. The molecule has 0 bridgehead atoms. The third-order valence-corrected chi connectivity index (χ3v) is 3.68. The summed E-state index contributed by atoms with van der Waals surface area (Å²) in [6, 6.07) is 7.25. The van der Waals surface area contributed by atoms with Gasteiger partial charge in [-0.2, -0.15) is 0 Å². The minimum Gasteiger partial charge on any atom is -0.493 e. The number of amides is 1. The molecule has 0 aliphatic rings. The quantitative estimate of drug-likeness (QED) is 0.728. The lowest BCUT2D eigenvalue weighted by Crippen LogP contribution is -2.12. The van der Waals surface area contributed by atoms with Gasteiger partial charge in [0.25, 0.3) is 5.91 Å². The molecule has 2 aromatic rings. The van der Waals surface area contributed by atoms with Crippen molar-refractivity contribution in [1.29, 1.82) is 0 Å². The van der Waals surface area contributed by atoms with Crippen LogP contribution in [0.2, 0.25) is 0 Å². The molecule has 0 atom stereocenters. The number of rotatable bonds is 8. The van der Waals surface area contributed by atoms with Gasteiger partial charge < -0.3 is 20.5 Å². The van der Waals surface area contributed by atoms with Gasteiger partial charge in [0.15, 0.2) is 0 Å².